The number of hydrogen-bond donors (Lipinski definition) is 1. The Kier molecular flexibility index (Phi) is 4.88. The van der Waals surface area contributed by atoms with Crippen molar-refractivity contribution < 1.29 is 9.21 Å². The number of aromatic nitrogens is 1. The number of oxazole rings is 1. The highest BCUT2D eigenvalue weighted by Crippen LogP contribution is 2.28. The molecule has 1 aromatic heterocycles. The van der Waals surface area contributed by atoms with Crippen LogP contribution >= 0.6 is 23.2 Å². The number of aryl methyl sites for hydroxylation is 1. The third-order valence-corrected chi connectivity index (χ3v) is 4.22. The molecular formula is C18H14Cl2N2O2. The molecule has 3 aromatic rings. The highest BCUT2D eigenvalue weighted by molar-refractivity contribution is 6.42. The van der Waals surface area contributed by atoms with E-state index in [4.69, 9.17) is 27.6 Å². The van der Waals surface area contributed by atoms with Gasteiger partial charge >= 0.3 is 0 Å². The lowest BCUT2D eigenvalue weighted by Gasteiger charge is -2.03. The molecule has 0 unspecified atom stereocenters. The fourth-order valence-electron chi connectivity index (χ4n) is 2.12. The second kappa shape index (κ2) is 7.07. The van der Waals surface area contributed by atoms with E-state index in [2.05, 4.69) is 10.3 Å². The number of halogens is 2. The summed E-state index contributed by atoms with van der Waals surface area (Å²) in [6.07, 6.45) is 1.32. The van der Waals surface area contributed by atoms with Crippen LogP contribution in [-0.2, 0) is 6.54 Å². The Morgan fingerprint density at radius 1 is 1.12 bits per heavy atom. The molecule has 0 bridgehead atoms. The lowest BCUT2D eigenvalue weighted by Crippen LogP contribution is -2.23. The zero-order valence-corrected chi connectivity index (χ0v) is 14.4. The molecule has 0 aliphatic carbocycles. The van der Waals surface area contributed by atoms with Gasteiger partial charge in [0, 0.05) is 12.1 Å². The van der Waals surface area contributed by atoms with E-state index in [0.29, 0.717) is 28.0 Å². The average molecular weight is 361 g/mol. The Morgan fingerprint density at radius 2 is 1.88 bits per heavy atom. The number of hydrogen-bond acceptors (Lipinski definition) is 3. The van der Waals surface area contributed by atoms with Gasteiger partial charge in [-0.25, -0.2) is 4.98 Å². The maximum Gasteiger partial charge on any atom is 0.273 e. The average Bonchev–Trinajstić information content (AvgIpc) is 3.07. The molecule has 0 spiro atoms. The van der Waals surface area contributed by atoms with E-state index in [9.17, 15) is 4.79 Å². The van der Waals surface area contributed by atoms with Gasteiger partial charge in [-0.2, -0.15) is 0 Å². The molecule has 1 amide bonds. The van der Waals surface area contributed by atoms with Crippen LogP contribution in [-0.4, -0.2) is 10.9 Å². The first-order chi connectivity index (χ1) is 11.5. The topological polar surface area (TPSA) is 55.1 Å². The minimum absolute atomic E-state index is 0.211. The zero-order valence-electron chi connectivity index (χ0n) is 12.8. The Labute approximate surface area is 149 Å². The highest BCUT2D eigenvalue weighted by Gasteiger charge is 2.14. The monoisotopic (exact) mass is 360 g/mol. The zero-order chi connectivity index (χ0) is 17.1. The third kappa shape index (κ3) is 3.78. The highest BCUT2D eigenvalue weighted by atomic mass is 35.5. The number of benzene rings is 2. The summed E-state index contributed by atoms with van der Waals surface area (Å²) in [5, 5.41) is 3.66. The lowest BCUT2D eigenvalue weighted by molar-refractivity contribution is 0.0946. The van der Waals surface area contributed by atoms with Gasteiger partial charge in [-0.05, 0) is 30.7 Å². The summed E-state index contributed by atoms with van der Waals surface area (Å²) >= 11 is 11.9. The first kappa shape index (κ1) is 16.6. The molecule has 0 atom stereocenters. The van der Waals surface area contributed by atoms with E-state index in [-0.39, 0.29) is 11.6 Å². The van der Waals surface area contributed by atoms with Crippen LogP contribution in [0.5, 0.6) is 0 Å². The van der Waals surface area contributed by atoms with Gasteiger partial charge in [0.05, 0.1) is 10.0 Å². The summed E-state index contributed by atoms with van der Waals surface area (Å²) in [6, 6.07) is 13.0. The molecule has 1 N–H and O–H groups in total. The second-order valence-electron chi connectivity index (χ2n) is 5.34. The Balaban J connectivity index is 1.69. The molecule has 0 aliphatic rings. The van der Waals surface area contributed by atoms with Crippen LogP contribution in [0, 0.1) is 6.92 Å². The van der Waals surface area contributed by atoms with E-state index in [1.165, 1.54) is 11.8 Å². The van der Waals surface area contributed by atoms with Crippen molar-refractivity contribution in [2.75, 3.05) is 0 Å². The van der Waals surface area contributed by atoms with Gasteiger partial charge in [-0.15, -0.1) is 0 Å². The number of amides is 1. The summed E-state index contributed by atoms with van der Waals surface area (Å²) in [4.78, 5) is 16.4. The number of rotatable bonds is 4. The summed E-state index contributed by atoms with van der Waals surface area (Å²) in [6.45, 7) is 2.44. The number of carbonyl (C=O) groups is 1. The molecule has 1 heterocycles. The molecule has 4 nitrogen and oxygen atoms in total. The van der Waals surface area contributed by atoms with Crippen molar-refractivity contribution in [2.45, 2.75) is 13.5 Å². The largest absolute Gasteiger partial charge is 0.444 e. The van der Waals surface area contributed by atoms with E-state index in [1.807, 2.05) is 31.2 Å². The molecule has 0 saturated carbocycles. The molecule has 122 valence electrons. The van der Waals surface area contributed by atoms with Crippen LogP contribution in [0.2, 0.25) is 10.0 Å². The lowest BCUT2D eigenvalue weighted by atomic mass is 10.1. The molecule has 0 radical (unpaired) electrons. The van der Waals surface area contributed by atoms with Gasteiger partial charge in [0.15, 0.2) is 5.69 Å². The van der Waals surface area contributed by atoms with Crippen LogP contribution in [0.3, 0.4) is 0 Å². The van der Waals surface area contributed by atoms with Crippen LogP contribution in [0.15, 0.2) is 53.1 Å². The fourth-order valence-corrected chi connectivity index (χ4v) is 2.42. The van der Waals surface area contributed by atoms with Crippen LogP contribution in [0.1, 0.15) is 21.6 Å². The first-order valence-electron chi connectivity index (χ1n) is 7.27. The number of nitrogens with zero attached hydrogens (tertiary/aromatic N) is 1. The predicted octanol–water partition coefficient (Wildman–Crippen LogP) is 4.89. The first-order valence-corrected chi connectivity index (χ1v) is 8.03. The summed E-state index contributed by atoms with van der Waals surface area (Å²) in [5.41, 5.74) is 3.06. The van der Waals surface area contributed by atoms with Crippen molar-refractivity contribution in [2.24, 2.45) is 0 Å². The van der Waals surface area contributed by atoms with E-state index in [1.54, 1.807) is 18.2 Å². The summed E-state index contributed by atoms with van der Waals surface area (Å²) < 4.78 is 5.36. The SMILES string of the molecule is Cc1ccc(CNC(=O)c2coc(-c3ccc(Cl)c(Cl)c3)n2)cc1. The summed E-state index contributed by atoms with van der Waals surface area (Å²) in [7, 11) is 0. The van der Waals surface area contributed by atoms with Crippen molar-refractivity contribution >= 4 is 29.1 Å². The molecule has 6 heteroatoms. The maximum absolute atomic E-state index is 12.2. The minimum atomic E-state index is -0.300. The molecule has 0 aliphatic heterocycles. The van der Waals surface area contributed by atoms with Crippen molar-refractivity contribution in [1.82, 2.24) is 10.3 Å². The van der Waals surface area contributed by atoms with Crippen LogP contribution in [0.25, 0.3) is 11.5 Å². The number of carbonyl (C=O) groups excluding carboxylic acids is 1. The number of nitrogens with one attached hydrogen (secondary N) is 1. The predicted molar refractivity (Wildman–Crippen MR) is 94.3 cm³/mol. The smallest absolute Gasteiger partial charge is 0.273 e. The third-order valence-electron chi connectivity index (χ3n) is 3.48. The molecule has 2 aromatic carbocycles. The minimum Gasteiger partial charge on any atom is -0.444 e. The Hall–Kier alpha value is -2.30. The van der Waals surface area contributed by atoms with Crippen molar-refractivity contribution in [1.29, 1.82) is 0 Å². The van der Waals surface area contributed by atoms with Crippen molar-refractivity contribution in [3.8, 4) is 11.5 Å². The Bertz CT molecular complexity index is 873. The van der Waals surface area contributed by atoms with Crippen LogP contribution < -0.4 is 5.32 Å². The quantitative estimate of drug-likeness (QED) is 0.720. The van der Waals surface area contributed by atoms with Gasteiger partial charge in [-0.1, -0.05) is 53.0 Å². The van der Waals surface area contributed by atoms with Crippen molar-refractivity contribution in [3.05, 3.63) is 75.6 Å². The van der Waals surface area contributed by atoms with Gasteiger partial charge in [0.1, 0.15) is 6.26 Å². The Morgan fingerprint density at radius 3 is 2.58 bits per heavy atom. The second-order valence-corrected chi connectivity index (χ2v) is 6.15. The van der Waals surface area contributed by atoms with E-state index < -0.39 is 0 Å². The summed E-state index contributed by atoms with van der Waals surface area (Å²) in [5.74, 6) is 0.0136. The molecule has 0 saturated heterocycles. The van der Waals surface area contributed by atoms with Crippen molar-refractivity contribution in [3.63, 3.8) is 0 Å². The molecule has 0 fully saturated rings. The maximum atomic E-state index is 12.2. The van der Waals surface area contributed by atoms with E-state index in [0.717, 1.165) is 5.56 Å². The van der Waals surface area contributed by atoms with Gasteiger partial charge in [0.25, 0.3) is 5.91 Å². The standard InChI is InChI=1S/C18H14Cl2N2O2/c1-11-2-4-12(5-3-11)9-21-17(23)16-10-24-18(22-16)13-6-7-14(19)15(20)8-13/h2-8,10H,9H2,1H3,(H,21,23). The van der Waals surface area contributed by atoms with Gasteiger partial charge in [-0.3, -0.25) is 4.79 Å². The van der Waals surface area contributed by atoms with E-state index >= 15 is 0 Å². The fraction of sp³-hybridized carbons (Fsp3) is 0.111. The molecular weight excluding hydrogens is 347 g/mol. The molecule has 3 rings (SSSR count). The normalized spacial score (nSPS) is 10.6. The van der Waals surface area contributed by atoms with Gasteiger partial charge in [0.2, 0.25) is 5.89 Å². The molecule has 24 heavy (non-hydrogen) atoms. The van der Waals surface area contributed by atoms with Crippen LogP contribution in [0.4, 0.5) is 0 Å². The van der Waals surface area contributed by atoms with Gasteiger partial charge < -0.3 is 9.73 Å².